The maximum absolute atomic E-state index is 13.5. The number of hydrogen-bond acceptors (Lipinski definition) is 3. The van der Waals surface area contributed by atoms with Crippen LogP contribution in [0.1, 0.15) is 35.4 Å². The van der Waals surface area contributed by atoms with Gasteiger partial charge < -0.3 is 9.47 Å². The van der Waals surface area contributed by atoms with E-state index in [2.05, 4.69) is 0 Å². The number of benzene rings is 2. The first kappa shape index (κ1) is 21.8. The molecule has 0 bridgehead atoms. The highest BCUT2D eigenvalue weighted by atomic mass is 35.5. The molecule has 0 amide bonds. The van der Waals surface area contributed by atoms with E-state index in [1.807, 2.05) is 0 Å². The average molecular weight is 455 g/mol. The number of ether oxygens (including phenoxy) is 2. The molecule has 0 radical (unpaired) electrons. The minimum atomic E-state index is -4.50. The SMILES string of the molecule is COC(=O)C1CCC2(C=C(c3cc(C(F)(F)F)ccc3Cl)CO2)C1c1ccc(F)cc1. The van der Waals surface area contributed by atoms with Gasteiger partial charge in [0.2, 0.25) is 0 Å². The maximum atomic E-state index is 13.5. The Labute approximate surface area is 181 Å². The lowest BCUT2D eigenvalue weighted by atomic mass is 9.79. The molecule has 4 rings (SSSR count). The Hall–Kier alpha value is -2.38. The van der Waals surface area contributed by atoms with Gasteiger partial charge >= 0.3 is 12.1 Å². The summed E-state index contributed by atoms with van der Waals surface area (Å²) in [7, 11) is 1.30. The van der Waals surface area contributed by atoms with E-state index in [1.54, 1.807) is 18.2 Å². The molecule has 31 heavy (non-hydrogen) atoms. The van der Waals surface area contributed by atoms with Crippen LogP contribution < -0.4 is 0 Å². The first-order valence-electron chi connectivity index (χ1n) is 9.71. The number of alkyl halides is 3. The van der Waals surface area contributed by atoms with Crippen LogP contribution in [-0.2, 0) is 20.4 Å². The van der Waals surface area contributed by atoms with Gasteiger partial charge in [0.25, 0.3) is 0 Å². The van der Waals surface area contributed by atoms with Gasteiger partial charge in [0.05, 0.1) is 30.8 Å². The average Bonchev–Trinajstić information content (AvgIpc) is 3.32. The van der Waals surface area contributed by atoms with Crippen LogP contribution in [0.2, 0.25) is 5.02 Å². The third-order valence-electron chi connectivity index (χ3n) is 6.06. The highest BCUT2D eigenvalue weighted by molar-refractivity contribution is 6.32. The van der Waals surface area contributed by atoms with E-state index < -0.39 is 41.0 Å². The van der Waals surface area contributed by atoms with Gasteiger partial charge in [-0.3, -0.25) is 4.79 Å². The number of rotatable bonds is 3. The van der Waals surface area contributed by atoms with Crippen molar-refractivity contribution in [2.24, 2.45) is 5.92 Å². The van der Waals surface area contributed by atoms with Crippen LogP contribution >= 0.6 is 11.6 Å². The summed E-state index contributed by atoms with van der Waals surface area (Å²) in [5, 5.41) is 0.181. The number of carbonyl (C=O) groups excluding carboxylic acids is 1. The molecule has 1 heterocycles. The number of esters is 1. The standard InChI is InChI=1S/C23H19ClF4O3/c1-30-21(29)17-8-9-22(20(17)13-2-5-16(25)6-3-13)11-14(12-31-22)18-10-15(23(26,27)28)4-7-19(18)24/h2-7,10-11,17,20H,8-9,12H2,1H3. The van der Waals surface area contributed by atoms with Crippen molar-refractivity contribution in [2.45, 2.75) is 30.5 Å². The quantitative estimate of drug-likeness (QED) is 0.420. The lowest BCUT2D eigenvalue weighted by molar-refractivity contribution is -0.146. The van der Waals surface area contributed by atoms with Crippen molar-refractivity contribution in [2.75, 3.05) is 13.7 Å². The minimum Gasteiger partial charge on any atom is -0.469 e. The van der Waals surface area contributed by atoms with Crippen LogP contribution in [0.25, 0.3) is 5.57 Å². The second-order valence-electron chi connectivity index (χ2n) is 7.80. The Kier molecular flexibility index (Phi) is 5.60. The maximum Gasteiger partial charge on any atom is 0.416 e. The van der Waals surface area contributed by atoms with Gasteiger partial charge in [-0.2, -0.15) is 13.2 Å². The predicted octanol–water partition coefficient (Wildman–Crippen LogP) is 6.02. The van der Waals surface area contributed by atoms with Crippen molar-refractivity contribution >= 4 is 23.1 Å². The molecule has 0 saturated heterocycles. The number of hydrogen-bond donors (Lipinski definition) is 0. The smallest absolute Gasteiger partial charge is 0.416 e. The van der Waals surface area contributed by atoms with E-state index in [0.29, 0.717) is 24.0 Å². The van der Waals surface area contributed by atoms with E-state index in [9.17, 15) is 22.4 Å². The molecule has 0 N–H and O–H groups in total. The second-order valence-corrected chi connectivity index (χ2v) is 8.21. The molecule has 1 saturated carbocycles. The molecule has 3 nitrogen and oxygen atoms in total. The zero-order chi connectivity index (χ0) is 22.4. The molecule has 1 fully saturated rings. The number of carbonyl (C=O) groups is 1. The van der Waals surface area contributed by atoms with Crippen molar-refractivity contribution in [3.05, 3.63) is 76.1 Å². The highest BCUT2D eigenvalue weighted by Crippen LogP contribution is 2.54. The highest BCUT2D eigenvalue weighted by Gasteiger charge is 2.54. The number of halogens is 5. The topological polar surface area (TPSA) is 35.5 Å². The van der Waals surface area contributed by atoms with Crippen LogP contribution in [0.5, 0.6) is 0 Å². The van der Waals surface area contributed by atoms with Crippen molar-refractivity contribution in [3.63, 3.8) is 0 Å². The monoisotopic (exact) mass is 454 g/mol. The summed E-state index contributed by atoms with van der Waals surface area (Å²) in [6, 6.07) is 8.95. The molecule has 2 aromatic rings. The van der Waals surface area contributed by atoms with Crippen LogP contribution in [0.3, 0.4) is 0 Å². The van der Waals surface area contributed by atoms with Crippen LogP contribution in [-0.4, -0.2) is 25.3 Å². The normalized spacial score (nSPS) is 25.7. The zero-order valence-corrected chi connectivity index (χ0v) is 17.3. The first-order chi connectivity index (χ1) is 14.6. The summed E-state index contributed by atoms with van der Waals surface area (Å²) in [5.74, 6) is -1.82. The molecule has 164 valence electrons. The predicted molar refractivity (Wildman–Crippen MR) is 107 cm³/mol. The van der Waals surface area contributed by atoms with Gasteiger partial charge in [-0.05, 0) is 65.9 Å². The van der Waals surface area contributed by atoms with Crippen molar-refractivity contribution < 1.29 is 31.8 Å². The van der Waals surface area contributed by atoms with Crippen LogP contribution in [0, 0.1) is 11.7 Å². The first-order valence-corrected chi connectivity index (χ1v) is 10.1. The summed E-state index contributed by atoms with van der Waals surface area (Å²) < 4.78 is 64.2. The van der Waals surface area contributed by atoms with E-state index in [0.717, 1.165) is 12.1 Å². The molecule has 2 aliphatic rings. The van der Waals surface area contributed by atoms with Gasteiger partial charge in [-0.25, -0.2) is 4.39 Å². The van der Waals surface area contributed by atoms with Gasteiger partial charge in [-0.15, -0.1) is 0 Å². The summed E-state index contributed by atoms with van der Waals surface area (Å²) in [5.41, 5.74) is -0.269. The summed E-state index contributed by atoms with van der Waals surface area (Å²) in [6.07, 6.45) is -1.80. The fraction of sp³-hybridized carbons (Fsp3) is 0.348. The van der Waals surface area contributed by atoms with Crippen molar-refractivity contribution in [1.82, 2.24) is 0 Å². The molecule has 0 aromatic heterocycles. The summed E-state index contributed by atoms with van der Waals surface area (Å²) in [6.45, 7) is 0.0482. The largest absolute Gasteiger partial charge is 0.469 e. The fourth-order valence-corrected chi connectivity index (χ4v) is 4.89. The molecule has 1 aliphatic carbocycles. The number of methoxy groups -OCH3 is 1. The summed E-state index contributed by atoms with van der Waals surface area (Å²) >= 11 is 6.21. The second kappa shape index (κ2) is 7.95. The van der Waals surface area contributed by atoms with Gasteiger partial charge in [0.15, 0.2) is 0 Å². The Bertz CT molecular complexity index is 1030. The Balaban J connectivity index is 1.78. The van der Waals surface area contributed by atoms with Gasteiger partial charge in [0.1, 0.15) is 5.82 Å². The van der Waals surface area contributed by atoms with Crippen LogP contribution in [0.15, 0.2) is 48.5 Å². The lowest BCUT2D eigenvalue weighted by Gasteiger charge is -2.31. The third-order valence-corrected chi connectivity index (χ3v) is 6.39. The van der Waals surface area contributed by atoms with Crippen molar-refractivity contribution in [3.8, 4) is 0 Å². The van der Waals surface area contributed by atoms with E-state index in [4.69, 9.17) is 21.1 Å². The fourth-order valence-electron chi connectivity index (χ4n) is 4.65. The van der Waals surface area contributed by atoms with Crippen molar-refractivity contribution in [1.29, 1.82) is 0 Å². The van der Waals surface area contributed by atoms with E-state index >= 15 is 0 Å². The van der Waals surface area contributed by atoms with E-state index in [-0.39, 0.29) is 17.2 Å². The molecule has 1 aliphatic heterocycles. The van der Waals surface area contributed by atoms with Crippen LogP contribution in [0.4, 0.5) is 17.6 Å². The Morgan fingerprint density at radius 1 is 1.19 bits per heavy atom. The third kappa shape index (κ3) is 3.96. The van der Waals surface area contributed by atoms with Gasteiger partial charge in [0, 0.05) is 10.9 Å². The molecule has 2 aromatic carbocycles. The zero-order valence-electron chi connectivity index (χ0n) is 16.5. The lowest BCUT2D eigenvalue weighted by Crippen LogP contribution is -2.34. The molecule has 3 unspecified atom stereocenters. The molecule has 1 spiro atoms. The minimum absolute atomic E-state index is 0.0482. The molecule has 3 atom stereocenters. The van der Waals surface area contributed by atoms with E-state index in [1.165, 1.54) is 25.3 Å². The Morgan fingerprint density at radius 2 is 1.90 bits per heavy atom. The van der Waals surface area contributed by atoms with Gasteiger partial charge in [-0.1, -0.05) is 23.7 Å². The molecular formula is C23H19ClF4O3. The summed E-state index contributed by atoms with van der Waals surface area (Å²) in [4.78, 5) is 12.4. The molecule has 8 heteroatoms. The Morgan fingerprint density at radius 3 is 2.55 bits per heavy atom. The molecular weight excluding hydrogens is 436 g/mol.